The highest BCUT2D eigenvalue weighted by Crippen LogP contribution is 2.14. The number of aromatic nitrogens is 1. The Morgan fingerprint density at radius 1 is 1.38 bits per heavy atom. The van der Waals surface area contributed by atoms with Crippen LogP contribution in [0.2, 0.25) is 0 Å². The van der Waals surface area contributed by atoms with Gasteiger partial charge in [-0.15, -0.1) is 0 Å². The Morgan fingerprint density at radius 2 is 2.06 bits per heavy atom. The number of nitrogens with one attached hydrogen (secondary N) is 1. The Kier molecular flexibility index (Phi) is 3.78. The summed E-state index contributed by atoms with van der Waals surface area (Å²) in [6.07, 6.45) is 0. The summed E-state index contributed by atoms with van der Waals surface area (Å²) in [5.41, 5.74) is 1.15. The van der Waals surface area contributed by atoms with Gasteiger partial charge in [-0.3, -0.25) is 9.69 Å². The second kappa shape index (κ2) is 5.12. The molecule has 0 spiro atoms. The molecular weight excluding hydrogens is 222 g/mol. The van der Waals surface area contributed by atoms with Crippen molar-refractivity contribution in [3.8, 4) is 0 Å². The maximum Gasteiger partial charge on any atom is 0.307 e. The molecule has 1 aromatic rings. The highest BCUT2D eigenvalue weighted by Gasteiger charge is 2.15. The molecule has 5 heteroatoms. The van der Waals surface area contributed by atoms with Crippen molar-refractivity contribution < 1.29 is 0 Å². The zero-order valence-electron chi connectivity index (χ0n) is 9.95. The van der Waals surface area contributed by atoms with Crippen molar-refractivity contribution in [2.75, 3.05) is 26.2 Å². The summed E-state index contributed by atoms with van der Waals surface area (Å²) in [5, 5.41) is 3.34. The average Bonchev–Trinajstić information content (AvgIpc) is 2.55. The lowest BCUT2D eigenvalue weighted by Crippen LogP contribution is -2.42. The molecule has 4 nitrogen and oxygen atoms in total. The molecule has 0 amide bonds. The molecule has 0 saturated carbocycles. The quantitative estimate of drug-likeness (QED) is 0.844. The van der Waals surface area contributed by atoms with E-state index in [0.29, 0.717) is 0 Å². The molecule has 16 heavy (non-hydrogen) atoms. The number of rotatable bonds is 3. The van der Waals surface area contributed by atoms with E-state index < -0.39 is 0 Å². The third-order valence-corrected chi connectivity index (χ3v) is 4.20. The maximum atomic E-state index is 11.7. The van der Waals surface area contributed by atoms with Crippen molar-refractivity contribution in [2.45, 2.75) is 26.9 Å². The third kappa shape index (κ3) is 2.36. The summed E-state index contributed by atoms with van der Waals surface area (Å²) in [4.78, 5) is 15.5. The molecule has 1 N–H and O–H groups in total. The monoisotopic (exact) mass is 241 g/mol. The average molecular weight is 241 g/mol. The van der Waals surface area contributed by atoms with Crippen molar-refractivity contribution in [1.82, 2.24) is 14.8 Å². The molecule has 1 aliphatic rings. The molecule has 0 radical (unpaired) electrons. The Bertz CT molecular complexity index is 404. The fourth-order valence-corrected chi connectivity index (χ4v) is 3.20. The van der Waals surface area contributed by atoms with Crippen molar-refractivity contribution in [2.24, 2.45) is 0 Å². The van der Waals surface area contributed by atoms with E-state index in [0.717, 1.165) is 45.0 Å². The van der Waals surface area contributed by atoms with Gasteiger partial charge in [0, 0.05) is 49.8 Å². The molecule has 0 unspecified atom stereocenters. The Labute approximate surface area is 99.9 Å². The third-order valence-electron chi connectivity index (χ3n) is 3.13. The molecule has 0 bridgehead atoms. The van der Waals surface area contributed by atoms with Gasteiger partial charge in [0.15, 0.2) is 0 Å². The van der Waals surface area contributed by atoms with E-state index in [4.69, 9.17) is 0 Å². The number of piperazine rings is 1. The van der Waals surface area contributed by atoms with Gasteiger partial charge in [0.1, 0.15) is 0 Å². The van der Waals surface area contributed by atoms with Crippen LogP contribution in [0.4, 0.5) is 0 Å². The van der Waals surface area contributed by atoms with Gasteiger partial charge in [-0.05, 0) is 13.8 Å². The lowest BCUT2D eigenvalue weighted by atomic mass is 10.3. The van der Waals surface area contributed by atoms with Crippen molar-refractivity contribution >= 4 is 11.3 Å². The van der Waals surface area contributed by atoms with Crippen LogP contribution in [-0.2, 0) is 13.1 Å². The molecule has 1 aromatic heterocycles. The maximum absolute atomic E-state index is 11.7. The van der Waals surface area contributed by atoms with E-state index in [1.807, 2.05) is 11.5 Å². The van der Waals surface area contributed by atoms with E-state index in [9.17, 15) is 4.79 Å². The molecule has 0 aromatic carbocycles. The van der Waals surface area contributed by atoms with Gasteiger partial charge in [0.05, 0.1) is 0 Å². The van der Waals surface area contributed by atoms with Crippen LogP contribution < -0.4 is 10.2 Å². The highest BCUT2D eigenvalue weighted by atomic mass is 32.1. The first-order valence-electron chi connectivity index (χ1n) is 5.84. The van der Waals surface area contributed by atoms with Gasteiger partial charge < -0.3 is 9.88 Å². The molecular formula is C11H19N3OS. The van der Waals surface area contributed by atoms with Crippen LogP contribution >= 0.6 is 11.3 Å². The van der Waals surface area contributed by atoms with Crippen LogP contribution in [0.5, 0.6) is 0 Å². The van der Waals surface area contributed by atoms with Gasteiger partial charge in [0.2, 0.25) is 0 Å². The summed E-state index contributed by atoms with van der Waals surface area (Å²) in [7, 11) is 0. The number of hydrogen-bond donors (Lipinski definition) is 1. The fraction of sp³-hybridized carbons (Fsp3) is 0.727. The molecule has 90 valence electrons. The second-order valence-electron chi connectivity index (χ2n) is 4.15. The molecule has 0 aliphatic carbocycles. The summed E-state index contributed by atoms with van der Waals surface area (Å²) >= 11 is 1.40. The van der Waals surface area contributed by atoms with E-state index in [1.165, 1.54) is 16.2 Å². The second-order valence-corrected chi connectivity index (χ2v) is 5.19. The summed E-state index contributed by atoms with van der Waals surface area (Å²) in [5.74, 6) is 0. The Hall–Kier alpha value is -0.650. The van der Waals surface area contributed by atoms with Crippen LogP contribution in [0.3, 0.4) is 0 Å². The zero-order chi connectivity index (χ0) is 11.5. The minimum atomic E-state index is 0.185. The largest absolute Gasteiger partial charge is 0.314 e. The van der Waals surface area contributed by atoms with Crippen molar-refractivity contribution in [1.29, 1.82) is 0 Å². The number of nitrogens with zero attached hydrogens (tertiary/aromatic N) is 2. The van der Waals surface area contributed by atoms with E-state index >= 15 is 0 Å². The fourth-order valence-electron chi connectivity index (χ4n) is 2.11. The van der Waals surface area contributed by atoms with Gasteiger partial charge in [-0.1, -0.05) is 11.3 Å². The smallest absolute Gasteiger partial charge is 0.307 e. The van der Waals surface area contributed by atoms with E-state index in [-0.39, 0.29) is 4.87 Å². The minimum Gasteiger partial charge on any atom is -0.314 e. The van der Waals surface area contributed by atoms with Crippen LogP contribution in [0, 0.1) is 6.92 Å². The zero-order valence-corrected chi connectivity index (χ0v) is 10.8. The number of thiazole rings is 1. The van der Waals surface area contributed by atoms with Gasteiger partial charge >= 0.3 is 4.87 Å². The summed E-state index contributed by atoms with van der Waals surface area (Å²) < 4.78 is 1.86. The molecule has 1 saturated heterocycles. The predicted octanol–water partition coefficient (Wildman–Crippen LogP) is 0.643. The SMILES string of the molecule is CCn1c(C)c(CN2CCNCC2)sc1=O. The van der Waals surface area contributed by atoms with Gasteiger partial charge in [0.25, 0.3) is 0 Å². The van der Waals surface area contributed by atoms with Gasteiger partial charge in [-0.25, -0.2) is 0 Å². The topological polar surface area (TPSA) is 37.3 Å². The lowest BCUT2D eigenvalue weighted by molar-refractivity contribution is 0.234. The molecule has 1 fully saturated rings. The molecule has 1 aliphatic heterocycles. The van der Waals surface area contributed by atoms with Gasteiger partial charge in [-0.2, -0.15) is 0 Å². The summed E-state index contributed by atoms with van der Waals surface area (Å²) in [6.45, 7) is 10.1. The first kappa shape index (κ1) is 11.8. The first-order valence-corrected chi connectivity index (χ1v) is 6.66. The van der Waals surface area contributed by atoms with Crippen LogP contribution in [0.25, 0.3) is 0 Å². The number of hydrogen-bond acceptors (Lipinski definition) is 4. The van der Waals surface area contributed by atoms with Crippen LogP contribution in [0.1, 0.15) is 17.5 Å². The Balaban J connectivity index is 2.11. The first-order chi connectivity index (χ1) is 7.72. The summed E-state index contributed by atoms with van der Waals surface area (Å²) in [6, 6.07) is 0. The van der Waals surface area contributed by atoms with Crippen molar-refractivity contribution in [3.63, 3.8) is 0 Å². The lowest BCUT2D eigenvalue weighted by Gasteiger charge is -2.26. The highest BCUT2D eigenvalue weighted by molar-refractivity contribution is 7.09. The minimum absolute atomic E-state index is 0.185. The molecule has 2 rings (SSSR count). The molecule has 0 atom stereocenters. The predicted molar refractivity (Wildman–Crippen MR) is 67.1 cm³/mol. The van der Waals surface area contributed by atoms with Crippen LogP contribution in [-0.4, -0.2) is 35.6 Å². The van der Waals surface area contributed by atoms with Crippen LogP contribution in [0.15, 0.2) is 4.79 Å². The standard InChI is InChI=1S/C11H19N3OS/c1-3-14-9(2)10(16-11(14)15)8-13-6-4-12-5-7-13/h12H,3-8H2,1-2H3. The molecule has 2 heterocycles. The van der Waals surface area contributed by atoms with Crippen molar-refractivity contribution in [3.05, 3.63) is 20.2 Å². The normalized spacial score (nSPS) is 17.9. The Morgan fingerprint density at radius 3 is 2.62 bits per heavy atom. The van der Waals surface area contributed by atoms with E-state index in [1.54, 1.807) is 0 Å². The van der Waals surface area contributed by atoms with E-state index in [2.05, 4.69) is 17.1 Å².